The van der Waals surface area contributed by atoms with E-state index in [1.165, 1.54) is 12.0 Å². The summed E-state index contributed by atoms with van der Waals surface area (Å²) in [6.45, 7) is 7.50. The molecule has 1 fully saturated rings. The fourth-order valence-corrected chi connectivity index (χ4v) is 3.01. The number of ether oxygens (including phenoxy) is 1. The van der Waals surface area contributed by atoms with Gasteiger partial charge in [0.15, 0.2) is 5.96 Å². The van der Waals surface area contributed by atoms with Gasteiger partial charge in [-0.3, -0.25) is 4.99 Å². The van der Waals surface area contributed by atoms with Gasteiger partial charge < -0.3 is 15.0 Å². The van der Waals surface area contributed by atoms with E-state index in [1.807, 2.05) is 30.9 Å². The summed E-state index contributed by atoms with van der Waals surface area (Å²) in [4.78, 5) is 6.83. The van der Waals surface area contributed by atoms with Crippen LogP contribution < -0.4 is 10.1 Å². The fraction of sp³-hybridized carbons (Fsp3) is 0.611. The minimum atomic E-state index is 0. The second-order valence-electron chi connectivity index (χ2n) is 6.57. The second-order valence-corrected chi connectivity index (χ2v) is 8.08. The van der Waals surface area contributed by atoms with Crippen LogP contribution in [0.1, 0.15) is 31.7 Å². The van der Waals surface area contributed by atoms with Crippen LogP contribution in [0.5, 0.6) is 5.75 Å². The van der Waals surface area contributed by atoms with Crippen molar-refractivity contribution in [1.29, 1.82) is 0 Å². The van der Waals surface area contributed by atoms with Gasteiger partial charge >= 0.3 is 0 Å². The first kappa shape index (κ1) is 21.4. The molecule has 0 radical (unpaired) electrons. The smallest absolute Gasteiger partial charge is 0.193 e. The van der Waals surface area contributed by atoms with Crippen LogP contribution in [0.15, 0.2) is 29.3 Å². The number of methoxy groups -OCH3 is 1. The van der Waals surface area contributed by atoms with Crippen molar-refractivity contribution in [2.75, 3.05) is 40.0 Å². The summed E-state index contributed by atoms with van der Waals surface area (Å²) in [6.07, 6.45) is 3.32. The number of nitrogens with one attached hydrogen (secondary N) is 1. The molecule has 0 amide bonds. The van der Waals surface area contributed by atoms with E-state index >= 15 is 0 Å². The van der Waals surface area contributed by atoms with E-state index < -0.39 is 0 Å². The van der Waals surface area contributed by atoms with Gasteiger partial charge in [0, 0.05) is 37.3 Å². The Bertz CT molecular complexity index is 534. The second kappa shape index (κ2) is 9.75. The molecule has 1 heterocycles. The summed E-state index contributed by atoms with van der Waals surface area (Å²) in [6, 6.07) is 8.46. The summed E-state index contributed by atoms with van der Waals surface area (Å²) in [5.74, 6) is 2.50. The van der Waals surface area contributed by atoms with E-state index in [9.17, 15) is 0 Å². The summed E-state index contributed by atoms with van der Waals surface area (Å²) >= 11 is 1.88. The van der Waals surface area contributed by atoms with Crippen molar-refractivity contribution >= 4 is 41.7 Å². The van der Waals surface area contributed by atoms with Crippen molar-refractivity contribution in [1.82, 2.24) is 10.2 Å². The third-order valence-corrected chi connectivity index (χ3v) is 5.76. The number of benzene rings is 1. The standard InChI is InChI=1S/C18H29N3OS.HI/c1-18(2,23-5)13-20-17(19-3)21-11-10-15(12-21)14-6-8-16(22-4)9-7-14;/h6-9,15H,10-13H2,1-5H3,(H,19,20);1H. The lowest BCUT2D eigenvalue weighted by Crippen LogP contribution is -2.44. The minimum absolute atomic E-state index is 0. The average Bonchev–Trinajstić information content (AvgIpc) is 3.05. The predicted octanol–water partition coefficient (Wildman–Crippen LogP) is 3.82. The zero-order valence-corrected chi connectivity index (χ0v) is 18.5. The normalized spacial score (nSPS) is 18.3. The van der Waals surface area contributed by atoms with E-state index in [4.69, 9.17) is 4.74 Å². The Balaban J connectivity index is 0.00000288. The number of hydrogen-bond donors (Lipinski definition) is 1. The van der Waals surface area contributed by atoms with E-state index in [-0.39, 0.29) is 28.7 Å². The van der Waals surface area contributed by atoms with Crippen LogP contribution in [0.3, 0.4) is 0 Å². The van der Waals surface area contributed by atoms with Crippen LogP contribution in [0.25, 0.3) is 0 Å². The quantitative estimate of drug-likeness (QED) is 0.409. The van der Waals surface area contributed by atoms with Crippen LogP contribution in [-0.2, 0) is 0 Å². The number of nitrogens with zero attached hydrogens (tertiary/aromatic N) is 2. The summed E-state index contributed by atoms with van der Waals surface area (Å²) in [5, 5.41) is 3.53. The molecule has 1 atom stereocenters. The SMILES string of the molecule is CN=C(NCC(C)(C)SC)N1CCC(c2ccc(OC)cc2)C1.I. The number of thioether (sulfide) groups is 1. The number of halogens is 1. The van der Waals surface area contributed by atoms with Gasteiger partial charge in [-0.15, -0.1) is 24.0 Å². The third kappa shape index (κ3) is 5.72. The first-order chi connectivity index (χ1) is 11.0. The molecule has 0 aliphatic carbocycles. The highest BCUT2D eigenvalue weighted by Crippen LogP contribution is 2.28. The number of guanidine groups is 1. The maximum atomic E-state index is 5.24. The van der Waals surface area contributed by atoms with Crippen LogP contribution in [0.4, 0.5) is 0 Å². The summed E-state index contributed by atoms with van der Waals surface area (Å²) in [7, 11) is 3.58. The van der Waals surface area contributed by atoms with E-state index in [1.54, 1.807) is 7.11 Å². The topological polar surface area (TPSA) is 36.9 Å². The van der Waals surface area contributed by atoms with Gasteiger partial charge in [-0.05, 0) is 44.2 Å². The average molecular weight is 463 g/mol. The van der Waals surface area contributed by atoms with Crippen LogP contribution in [-0.4, -0.2) is 55.7 Å². The van der Waals surface area contributed by atoms with Crippen molar-refractivity contribution in [3.05, 3.63) is 29.8 Å². The molecular formula is C18H30IN3OS. The van der Waals surface area contributed by atoms with Gasteiger partial charge in [-0.2, -0.15) is 11.8 Å². The number of rotatable bonds is 5. The van der Waals surface area contributed by atoms with E-state index in [2.05, 4.69) is 47.4 Å². The first-order valence-electron chi connectivity index (χ1n) is 8.14. The molecule has 4 nitrogen and oxygen atoms in total. The number of hydrogen-bond acceptors (Lipinski definition) is 3. The molecule has 1 saturated heterocycles. The molecule has 0 bridgehead atoms. The molecule has 24 heavy (non-hydrogen) atoms. The highest BCUT2D eigenvalue weighted by molar-refractivity contribution is 14.0. The Kier molecular flexibility index (Phi) is 8.70. The molecular weight excluding hydrogens is 433 g/mol. The van der Waals surface area contributed by atoms with Gasteiger partial charge in [-0.25, -0.2) is 0 Å². The summed E-state index contributed by atoms with van der Waals surface area (Å²) < 4.78 is 5.45. The Morgan fingerprint density at radius 1 is 1.38 bits per heavy atom. The number of likely N-dealkylation sites (tertiary alicyclic amines) is 1. The zero-order valence-electron chi connectivity index (χ0n) is 15.3. The van der Waals surface area contributed by atoms with Crippen molar-refractivity contribution in [2.24, 2.45) is 4.99 Å². The zero-order chi connectivity index (χ0) is 16.9. The Morgan fingerprint density at radius 3 is 2.58 bits per heavy atom. The molecule has 1 aromatic carbocycles. The molecule has 2 rings (SSSR count). The Labute approximate surface area is 167 Å². The van der Waals surface area contributed by atoms with Gasteiger partial charge in [0.1, 0.15) is 5.75 Å². The maximum Gasteiger partial charge on any atom is 0.193 e. The highest BCUT2D eigenvalue weighted by Gasteiger charge is 2.27. The van der Waals surface area contributed by atoms with Crippen molar-refractivity contribution in [3.63, 3.8) is 0 Å². The first-order valence-corrected chi connectivity index (χ1v) is 9.36. The molecule has 1 N–H and O–H groups in total. The van der Waals surface area contributed by atoms with Crippen LogP contribution in [0.2, 0.25) is 0 Å². The van der Waals surface area contributed by atoms with Crippen molar-refractivity contribution in [3.8, 4) is 5.75 Å². The highest BCUT2D eigenvalue weighted by atomic mass is 127. The lowest BCUT2D eigenvalue weighted by Gasteiger charge is -2.27. The van der Waals surface area contributed by atoms with Gasteiger partial charge in [0.2, 0.25) is 0 Å². The summed E-state index contributed by atoms with van der Waals surface area (Å²) in [5.41, 5.74) is 1.38. The molecule has 0 spiro atoms. The molecule has 1 aliphatic heterocycles. The monoisotopic (exact) mass is 463 g/mol. The lowest BCUT2D eigenvalue weighted by atomic mass is 9.98. The van der Waals surface area contributed by atoms with Gasteiger partial charge in [0.05, 0.1) is 7.11 Å². The van der Waals surface area contributed by atoms with Crippen molar-refractivity contribution in [2.45, 2.75) is 30.9 Å². The molecule has 136 valence electrons. The van der Waals surface area contributed by atoms with Gasteiger partial charge in [-0.1, -0.05) is 12.1 Å². The fourth-order valence-electron chi connectivity index (χ4n) is 2.80. The van der Waals surface area contributed by atoms with Crippen LogP contribution >= 0.6 is 35.7 Å². The lowest BCUT2D eigenvalue weighted by molar-refractivity contribution is 0.414. The largest absolute Gasteiger partial charge is 0.497 e. The number of aliphatic imine (C=N–C) groups is 1. The van der Waals surface area contributed by atoms with Crippen molar-refractivity contribution < 1.29 is 4.74 Å². The van der Waals surface area contributed by atoms with E-state index in [0.717, 1.165) is 31.3 Å². The predicted molar refractivity (Wildman–Crippen MR) is 116 cm³/mol. The van der Waals surface area contributed by atoms with Crippen LogP contribution in [0, 0.1) is 0 Å². The molecule has 0 saturated carbocycles. The Hall–Kier alpha value is -0.630. The van der Waals surface area contributed by atoms with Gasteiger partial charge in [0.25, 0.3) is 0 Å². The van der Waals surface area contributed by atoms with E-state index in [0.29, 0.717) is 5.92 Å². The maximum absolute atomic E-state index is 5.24. The molecule has 1 unspecified atom stereocenters. The minimum Gasteiger partial charge on any atom is -0.497 e. The third-order valence-electron chi connectivity index (χ3n) is 4.51. The molecule has 1 aliphatic rings. The Morgan fingerprint density at radius 2 is 2.04 bits per heavy atom. The molecule has 6 heteroatoms. The molecule has 1 aromatic rings. The molecule has 0 aromatic heterocycles.